The first kappa shape index (κ1) is 18.0. The van der Waals surface area contributed by atoms with E-state index < -0.39 is 0 Å². The Morgan fingerprint density at radius 3 is 2.36 bits per heavy atom. The van der Waals surface area contributed by atoms with Crippen molar-refractivity contribution in [2.75, 3.05) is 41.3 Å². The first-order valence-electron chi connectivity index (χ1n) is 7.26. The van der Waals surface area contributed by atoms with E-state index in [0.717, 1.165) is 5.56 Å². The van der Waals surface area contributed by atoms with Gasteiger partial charge < -0.3 is 20.4 Å². The molecule has 122 valence electrons. The van der Waals surface area contributed by atoms with E-state index in [1.54, 1.807) is 14.1 Å². The van der Waals surface area contributed by atoms with Crippen LogP contribution in [-0.2, 0) is 4.79 Å². The molecule has 0 aromatic heterocycles. The molecule has 0 fully saturated rings. The predicted octanol–water partition coefficient (Wildman–Crippen LogP) is 0.985. The van der Waals surface area contributed by atoms with Crippen LogP contribution in [0.1, 0.15) is 17.2 Å². The second-order valence-electron chi connectivity index (χ2n) is 5.75. The number of benzene rings is 1. The highest BCUT2D eigenvalue weighted by atomic mass is 16.2. The molecule has 0 aliphatic carbocycles. The number of amides is 3. The Kier molecular flexibility index (Phi) is 6.85. The van der Waals surface area contributed by atoms with Crippen LogP contribution in [0, 0.1) is 6.92 Å². The number of hydrogen-bond acceptors (Lipinski definition) is 3. The van der Waals surface area contributed by atoms with E-state index >= 15 is 0 Å². The third-order valence-corrected chi connectivity index (χ3v) is 3.35. The van der Waals surface area contributed by atoms with E-state index in [4.69, 9.17) is 0 Å². The molecule has 0 saturated heterocycles. The molecular weight excluding hydrogens is 280 g/mol. The number of nitrogens with one attached hydrogen (secondary N) is 2. The molecule has 0 radical (unpaired) electrons. The number of carbonyl (C=O) groups is 2. The van der Waals surface area contributed by atoms with Crippen LogP contribution >= 0.6 is 0 Å². The number of rotatable bonds is 6. The van der Waals surface area contributed by atoms with E-state index in [1.165, 1.54) is 10.5 Å². The standard InChI is InChI=1S/C16H26N4O2/c1-12-7-6-8-13(9-12)14(19(2)3)10-17-15(21)11-18-16(22)20(4)5/h6-9,14H,10-11H2,1-5H3,(H,17,21)(H,18,22). The van der Waals surface area contributed by atoms with E-state index in [2.05, 4.69) is 27.7 Å². The van der Waals surface area contributed by atoms with Gasteiger partial charge in [-0.3, -0.25) is 4.79 Å². The van der Waals surface area contributed by atoms with Crippen molar-refractivity contribution >= 4 is 11.9 Å². The maximum Gasteiger partial charge on any atom is 0.317 e. The minimum atomic E-state index is -0.280. The summed E-state index contributed by atoms with van der Waals surface area (Å²) in [7, 11) is 7.22. The maximum atomic E-state index is 11.8. The van der Waals surface area contributed by atoms with E-state index in [1.807, 2.05) is 33.2 Å². The van der Waals surface area contributed by atoms with Gasteiger partial charge in [0.2, 0.25) is 5.91 Å². The molecule has 0 spiro atoms. The molecule has 0 bridgehead atoms. The lowest BCUT2D eigenvalue weighted by molar-refractivity contribution is -0.120. The fraction of sp³-hybridized carbons (Fsp3) is 0.500. The highest BCUT2D eigenvalue weighted by molar-refractivity contribution is 5.83. The molecule has 22 heavy (non-hydrogen) atoms. The molecule has 1 atom stereocenters. The minimum absolute atomic E-state index is 0.0228. The number of aryl methyl sites for hydroxylation is 1. The van der Waals surface area contributed by atoms with Gasteiger partial charge in [0, 0.05) is 20.6 Å². The maximum absolute atomic E-state index is 11.8. The molecule has 6 heteroatoms. The van der Waals surface area contributed by atoms with Crippen LogP contribution in [0.4, 0.5) is 4.79 Å². The van der Waals surface area contributed by atoms with Crippen LogP contribution in [0.3, 0.4) is 0 Å². The third-order valence-electron chi connectivity index (χ3n) is 3.35. The van der Waals surface area contributed by atoms with Crippen molar-refractivity contribution in [2.24, 2.45) is 0 Å². The van der Waals surface area contributed by atoms with Crippen molar-refractivity contribution in [1.29, 1.82) is 0 Å². The van der Waals surface area contributed by atoms with Crippen molar-refractivity contribution in [3.8, 4) is 0 Å². The Bertz CT molecular complexity index is 515. The highest BCUT2D eigenvalue weighted by Crippen LogP contribution is 2.18. The molecule has 6 nitrogen and oxygen atoms in total. The van der Waals surface area contributed by atoms with Crippen molar-refractivity contribution < 1.29 is 9.59 Å². The van der Waals surface area contributed by atoms with Gasteiger partial charge in [0.15, 0.2) is 0 Å². The Hall–Kier alpha value is -2.08. The highest BCUT2D eigenvalue weighted by Gasteiger charge is 2.15. The first-order chi connectivity index (χ1) is 10.3. The van der Waals surface area contributed by atoms with Gasteiger partial charge >= 0.3 is 6.03 Å². The first-order valence-corrected chi connectivity index (χ1v) is 7.26. The summed E-state index contributed by atoms with van der Waals surface area (Å²) in [6.07, 6.45) is 0. The second kappa shape index (κ2) is 8.38. The minimum Gasteiger partial charge on any atom is -0.353 e. The van der Waals surface area contributed by atoms with Crippen LogP contribution in [0.2, 0.25) is 0 Å². The quantitative estimate of drug-likeness (QED) is 0.823. The number of carbonyl (C=O) groups excluding carboxylic acids is 2. The van der Waals surface area contributed by atoms with Gasteiger partial charge in [-0.1, -0.05) is 29.8 Å². The zero-order valence-electron chi connectivity index (χ0n) is 14.0. The molecule has 1 aromatic carbocycles. The van der Waals surface area contributed by atoms with Gasteiger partial charge in [-0.25, -0.2) is 4.79 Å². The van der Waals surface area contributed by atoms with Crippen molar-refractivity contribution in [3.63, 3.8) is 0 Å². The molecular formula is C16H26N4O2. The van der Waals surface area contributed by atoms with Crippen LogP contribution in [-0.4, -0.2) is 63.0 Å². The molecule has 0 aliphatic rings. The Morgan fingerprint density at radius 2 is 1.82 bits per heavy atom. The van der Waals surface area contributed by atoms with Crippen LogP contribution in [0.25, 0.3) is 0 Å². The smallest absolute Gasteiger partial charge is 0.317 e. The van der Waals surface area contributed by atoms with Crippen LogP contribution in [0.15, 0.2) is 24.3 Å². The van der Waals surface area contributed by atoms with Crippen molar-refractivity contribution in [3.05, 3.63) is 35.4 Å². The average Bonchev–Trinajstić information content (AvgIpc) is 2.44. The van der Waals surface area contributed by atoms with Crippen molar-refractivity contribution in [2.45, 2.75) is 13.0 Å². The van der Waals surface area contributed by atoms with Gasteiger partial charge in [0.1, 0.15) is 0 Å². The lowest BCUT2D eigenvalue weighted by Crippen LogP contribution is -2.43. The Morgan fingerprint density at radius 1 is 1.14 bits per heavy atom. The van der Waals surface area contributed by atoms with Gasteiger partial charge in [-0.15, -0.1) is 0 Å². The number of urea groups is 1. The zero-order chi connectivity index (χ0) is 16.7. The van der Waals surface area contributed by atoms with Crippen LogP contribution in [0.5, 0.6) is 0 Å². The molecule has 0 heterocycles. The van der Waals surface area contributed by atoms with E-state index in [9.17, 15) is 9.59 Å². The normalized spacial score (nSPS) is 11.9. The fourth-order valence-electron chi connectivity index (χ4n) is 2.06. The summed E-state index contributed by atoms with van der Waals surface area (Å²) < 4.78 is 0. The molecule has 1 aromatic rings. The largest absolute Gasteiger partial charge is 0.353 e. The number of likely N-dealkylation sites (N-methyl/N-ethyl adjacent to an activating group) is 1. The molecule has 1 unspecified atom stereocenters. The van der Waals surface area contributed by atoms with Gasteiger partial charge in [-0.2, -0.15) is 0 Å². The Labute approximate surface area is 132 Å². The summed E-state index contributed by atoms with van der Waals surface area (Å²) in [5, 5.41) is 5.41. The third kappa shape index (κ3) is 5.73. The summed E-state index contributed by atoms with van der Waals surface area (Å²) in [4.78, 5) is 26.7. The van der Waals surface area contributed by atoms with Gasteiger partial charge in [0.25, 0.3) is 0 Å². The molecule has 3 amide bonds. The molecule has 0 aliphatic heterocycles. The SMILES string of the molecule is Cc1cccc(C(CNC(=O)CNC(=O)N(C)C)N(C)C)c1. The summed E-state index contributed by atoms with van der Waals surface area (Å²) in [5.74, 6) is -0.199. The number of hydrogen-bond donors (Lipinski definition) is 2. The lowest BCUT2D eigenvalue weighted by atomic mass is 10.0. The van der Waals surface area contributed by atoms with Crippen molar-refractivity contribution in [1.82, 2.24) is 20.4 Å². The molecule has 0 saturated carbocycles. The summed E-state index contributed by atoms with van der Waals surface area (Å²) >= 11 is 0. The molecule has 2 N–H and O–H groups in total. The topological polar surface area (TPSA) is 64.7 Å². The second-order valence-corrected chi connectivity index (χ2v) is 5.75. The Balaban J connectivity index is 2.55. The predicted molar refractivity (Wildman–Crippen MR) is 87.7 cm³/mol. The number of nitrogens with zero attached hydrogens (tertiary/aromatic N) is 2. The van der Waals surface area contributed by atoms with E-state index in [-0.39, 0.29) is 24.5 Å². The summed E-state index contributed by atoms with van der Waals surface area (Å²) in [6.45, 7) is 2.52. The lowest BCUT2D eigenvalue weighted by Gasteiger charge is -2.25. The molecule has 1 rings (SSSR count). The van der Waals surface area contributed by atoms with Gasteiger partial charge in [-0.05, 0) is 26.6 Å². The zero-order valence-corrected chi connectivity index (χ0v) is 14.0. The van der Waals surface area contributed by atoms with Gasteiger partial charge in [0.05, 0.1) is 12.6 Å². The fourth-order valence-corrected chi connectivity index (χ4v) is 2.06. The summed E-state index contributed by atoms with van der Waals surface area (Å²) in [5.41, 5.74) is 2.34. The monoisotopic (exact) mass is 306 g/mol. The average molecular weight is 306 g/mol. The van der Waals surface area contributed by atoms with Crippen LogP contribution < -0.4 is 10.6 Å². The van der Waals surface area contributed by atoms with E-state index in [0.29, 0.717) is 6.54 Å². The summed E-state index contributed by atoms with van der Waals surface area (Å²) in [6, 6.07) is 8.04.